The molecule has 0 amide bonds. The molecular weight excluding hydrogens is 326 g/mol. The van der Waals surface area contributed by atoms with Crippen LogP contribution in [0.5, 0.6) is 5.75 Å². The van der Waals surface area contributed by atoms with Crippen molar-refractivity contribution in [2.75, 3.05) is 40.0 Å². The lowest BCUT2D eigenvalue weighted by molar-refractivity contribution is 0.145. The van der Waals surface area contributed by atoms with Gasteiger partial charge in [-0.2, -0.15) is 0 Å². The minimum absolute atomic E-state index is 0.559. The molecule has 140 valence electrons. The number of hydrogen-bond donors (Lipinski definition) is 2. The van der Waals surface area contributed by atoms with Crippen molar-refractivity contribution in [1.29, 1.82) is 0 Å². The Bertz CT molecular complexity index is 659. The first-order valence-electron chi connectivity index (χ1n) is 9.14. The van der Waals surface area contributed by atoms with Gasteiger partial charge in [-0.25, -0.2) is 0 Å². The lowest BCUT2D eigenvalue weighted by Crippen LogP contribution is -2.39. The van der Waals surface area contributed by atoms with Crippen molar-refractivity contribution in [3.63, 3.8) is 0 Å². The highest BCUT2D eigenvalue weighted by molar-refractivity contribution is 5.79. The van der Waals surface area contributed by atoms with E-state index in [1.165, 1.54) is 0 Å². The predicted octanol–water partition coefficient (Wildman–Crippen LogP) is 3.32. The van der Waals surface area contributed by atoms with E-state index >= 15 is 0 Å². The molecule has 2 rings (SSSR count). The van der Waals surface area contributed by atoms with E-state index in [-0.39, 0.29) is 0 Å². The monoisotopic (exact) mass is 355 g/mol. The van der Waals surface area contributed by atoms with Crippen molar-refractivity contribution in [3.05, 3.63) is 54.6 Å². The second kappa shape index (κ2) is 11.9. The summed E-state index contributed by atoms with van der Waals surface area (Å²) in [6, 6.07) is 18.4. The highest BCUT2D eigenvalue weighted by atomic mass is 16.5. The average molecular weight is 355 g/mol. The highest BCUT2D eigenvalue weighted by Crippen LogP contribution is 2.29. The first-order valence-corrected chi connectivity index (χ1v) is 9.14. The fraction of sp³-hybridized carbons (Fsp3) is 0.381. The Morgan fingerprint density at radius 1 is 0.923 bits per heavy atom. The lowest BCUT2D eigenvalue weighted by atomic mass is 10.1. The number of nitrogens with zero attached hydrogens (tertiary/aromatic N) is 1. The number of ether oxygens (including phenoxy) is 2. The summed E-state index contributed by atoms with van der Waals surface area (Å²) >= 11 is 0. The summed E-state index contributed by atoms with van der Waals surface area (Å²) in [6.45, 7) is 5.59. The minimum atomic E-state index is 0.559. The van der Waals surface area contributed by atoms with Crippen LogP contribution in [-0.2, 0) is 4.74 Å². The Morgan fingerprint density at radius 3 is 2.42 bits per heavy atom. The van der Waals surface area contributed by atoms with E-state index in [4.69, 9.17) is 9.47 Å². The van der Waals surface area contributed by atoms with Crippen molar-refractivity contribution < 1.29 is 9.47 Å². The maximum atomic E-state index is 5.98. The molecular formula is C21H29N3O2. The van der Waals surface area contributed by atoms with Gasteiger partial charge in [-0.15, -0.1) is 0 Å². The van der Waals surface area contributed by atoms with Crippen molar-refractivity contribution in [2.45, 2.75) is 13.3 Å². The summed E-state index contributed by atoms with van der Waals surface area (Å²) in [5.74, 6) is 1.67. The van der Waals surface area contributed by atoms with Gasteiger partial charge < -0.3 is 20.1 Å². The normalized spacial score (nSPS) is 11.2. The Morgan fingerprint density at radius 2 is 1.65 bits per heavy atom. The van der Waals surface area contributed by atoms with Crippen LogP contribution in [0.15, 0.2) is 59.6 Å². The standard InChI is InChI=1S/C21H29N3O2/c1-3-25-16-9-14-23-21(22-2)24-15-17-26-20-13-8-7-12-19(20)18-10-5-4-6-11-18/h4-8,10-13H,3,9,14-17H2,1-2H3,(H2,22,23,24). The van der Waals surface area contributed by atoms with Gasteiger partial charge in [0.2, 0.25) is 0 Å². The predicted molar refractivity (Wildman–Crippen MR) is 108 cm³/mol. The Balaban J connectivity index is 1.76. The van der Waals surface area contributed by atoms with Gasteiger partial charge in [-0.1, -0.05) is 48.5 Å². The van der Waals surface area contributed by atoms with E-state index in [1.807, 2.05) is 43.3 Å². The Hall–Kier alpha value is -2.53. The van der Waals surface area contributed by atoms with Gasteiger partial charge in [0.15, 0.2) is 5.96 Å². The van der Waals surface area contributed by atoms with E-state index < -0.39 is 0 Å². The zero-order chi connectivity index (χ0) is 18.5. The summed E-state index contributed by atoms with van der Waals surface area (Å²) in [7, 11) is 1.77. The smallest absolute Gasteiger partial charge is 0.191 e. The molecule has 0 heterocycles. The molecule has 2 aromatic carbocycles. The van der Waals surface area contributed by atoms with Crippen LogP contribution >= 0.6 is 0 Å². The maximum Gasteiger partial charge on any atom is 0.191 e. The number of para-hydroxylation sites is 1. The van der Waals surface area contributed by atoms with E-state index in [0.717, 1.165) is 49.0 Å². The SMILES string of the molecule is CCOCCCNC(=NC)NCCOc1ccccc1-c1ccccc1. The fourth-order valence-electron chi connectivity index (χ4n) is 2.53. The Labute approximate surface area is 156 Å². The highest BCUT2D eigenvalue weighted by Gasteiger charge is 2.05. The largest absolute Gasteiger partial charge is 0.491 e. The van der Waals surface area contributed by atoms with E-state index in [2.05, 4.69) is 33.8 Å². The van der Waals surface area contributed by atoms with Crippen molar-refractivity contribution in [2.24, 2.45) is 4.99 Å². The molecule has 0 atom stereocenters. The number of guanidine groups is 1. The lowest BCUT2D eigenvalue weighted by Gasteiger charge is -2.14. The molecule has 26 heavy (non-hydrogen) atoms. The molecule has 0 saturated heterocycles. The van der Waals surface area contributed by atoms with Crippen LogP contribution in [0.1, 0.15) is 13.3 Å². The van der Waals surface area contributed by atoms with Crippen LogP contribution in [0.3, 0.4) is 0 Å². The summed E-state index contributed by atoms with van der Waals surface area (Å²) in [6.07, 6.45) is 0.954. The van der Waals surface area contributed by atoms with Gasteiger partial charge in [-0.3, -0.25) is 4.99 Å². The quantitative estimate of drug-likeness (QED) is 0.390. The van der Waals surface area contributed by atoms with Gasteiger partial charge in [0.1, 0.15) is 12.4 Å². The summed E-state index contributed by atoms with van der Waals surface area (Å²) < 4.78 is 11.3. The second-order valence-electron chi connectivity index (χ2n) is 5.69. The molecule has 0 aromatic heterocycles. The molecule has 0 aliphatic heterocycles. The molecule has 0 radical (unpaired) electrons. The van der Waals surface area contributed by atoms with Crippen molar-refractivity contribution in [3.8, 4) is 16.9 Å². The molecule has 0 unspecified atom stereocenters. The average Bonchev–Trinajstić information content (AvgIpc) is 2.70. The molecule has 5 heteroatoms. The molecule has 0 fully saturated rings. The van der Waals surface area contributed by atoms with Crippen LogP contribution < -0.4 is 15.4 Å². The van der Waals surface area contributed by atoms with Crippen molar-refractivity contribution >= 4 is 5.96 Å². The third kappa shape index (κ3) is 6.76. The van der Waals surface area contributed by atoms with Crippen LogP contribution in [0.4, 0.5) is 0 Å². The van der Waals surface area contributed by atoms with Crippen LogP contribution in [0.2, 0.25) is 0 Å². The first kappa shape index (κ1) is 19.8. The molecule has 2 aromatic rings. The van der Waals surface area contributed by atoms with Crippen LogP contribution in [-0.4, -0.2) is 45.9 Å². The Kier molecular flexibility index (Phi) is 9.08. The molecule has 0 spiro atoms. The van der Waals surface area contributed by atoms with E-state index in [9.17, 15) is 0 Å². The summed E-state index contributed by atoms with van der Waals surface area (Å²) in [4.78, 5) is 4.21. The third-order valence-corrected chi connectivity index (χ3v) is 3.81. The number of hydrogen-bond acceptors (Lipinski definition) is 3. The molecule has 0 aliphatic carbocycles. The van der Waals surface area contributed by atoms with Gasteiger partial charge in [0.05, 0.1) is 6.54 Å². The minimum Gasteiger partial charge on any atom is -0.491 e. The molecule has 0 bridgehead atoms. The van der Waals surface area contributed by atoms with E-state index in [1.54, 1.807) is 7.05 Å². The van der Waals surface area contributed by atoms with Gasteiger partial charge in [-0.05, 0) is 25.0 Å². The second-order valence-corrected chi connectivity index (χ2v) is 5.69. The number of rotatable bonds is 10. The molecule has 2 N–H and O–H groups in total. The first-order chi connectivity index (χ1) is 12.8. The zero-order valence-electron chi connectivity index (χ0n) is 15.7. The van der Waals surface area contributed by atoms with Crippen LogP contribution in [0, 0.1) is 0 Å². The number of benzene rings is 2. The van der Waals surface area contributed by atoms with Gasteiger partial charge in [0.25, 0.3) is 0 Å². The van der Waals surface area contributed by atoms with Gasteiger partial charge >= 0.3 is 0 Å². The van der Waals surface area contributed by atoms with Crippen molar-refractivity contribution in [1.82, 2.24) is 10.6 Å². The fourth-order valence-corrected chi connectivity index (χ4v) is 2.53. The topological polar surface area (TPSA) is 54.9 Å². The number of aliphatic imine (C=N–C) groups is 1. The summed E-state index contributed by atoms with van der Waals surface area (Å²) in [5.41, 5.74) is 2.26. The van der Waals surface area contributed by atoms with Gasteiger partial charge in [0, 0.05) is 32.4 Å². The van der Waals surface area contributed by atoms with Crippen LogP contribution in [0.25, 0.3) is 11.1 Å². The molecule has 5 nitrogen and oxygen atoms in total. The third-order valence-electron chi connectivity index (χ3n) is 3.81. The molecule has 0 aliphatic rings. The number of nitrogens with one attached hydrogen (secondary N) is 2. The molecule has 0 saturated carbocycles. The zero-order valence-corrected chi connectivity index (χ0v) is 15.7. The maximum absolute atomic E-state index is 5.98. The summed E-state index contributed by atoms with van der Waals surface area (Å²) in [5, 5.41) is 6.53. The van der Waals surface area contributed by atoms with E-state index in [0.29, 0.717) is 13.2 Å².